The molecule has 0 heterocycles. The average Bonchev–Trinajstić information content (AvgIpc) is 2.28. The highest BCUT2D eigenvalue weighted by Gasteiger charge is 2.22. The van der Waals surface area contributed by atoms with Crippen LogP contribution in [0, 0.1) is 0 Å². The lowest BCUT2D eigenvalue weighted by Crippen LogP contribution is -2.29. The van der Waals surface area contributed by atoms with Gasteiger partial charge in [-0.1, -0.05) is 38.1 Å². The van der Waals surface area contributed by atoms with Gasteiger partial charge in [0.1, 0.15) is 7.14 Å². The van der Waals surface area contributed by atoms with Gasteiger partial charge in [0, 0.05) is 23.2 Å². The third kappa shape index (κ3) is 2.29. The number of carbonyl (C=O) groups excluding carboxylic acids is 1. The monoisotopic (exact) mass is 225 g/mol. The van der Waals surface area contributed by atoms with E-state index in [0.717, 1.165) is 0 Å². The summed E-state index contributed by atoms with van der Waals surface area (Å²) in [6, 6.07) is 6.39. The summed E-state index contributed by atoms with van der Waals surface area (Å²) >= 11 is 0. The molecule has 82 valence electrons. The molecule has 0 saturated carbocycles. The molecule has 0 aliphatic heterocycles. The second-order valence-electron chi connectivity index (χ2n) is 3.33. The van der Waals surface area contributed by atoms with Crippen LogP contribution in [0.4, 0.5) is 0 Å². The fraction of sp³-hybridized carbons (Fsp3) is 0.364. The van der Waals surface area contributed by atoms with Crippen LogP contribution in [0.15, 0.2) is 24.3 Å². The number of carboxylic acids is 1. The van der Waals surface area contributed by atoms with E-state index in [-0.39, 0.29) is 5.56 Å². The number of carbonyl (C=O) groups is 1. The molecular weight excluding hydrogens is 211 g/mol. The van der Waals surface area contributed by atoms with Crippen molar-refractivity contribution in [3.63, 3.8) is 0 Å². The predicted molar refractivity (Wildman–Crippen MR) is 59.1 cm³/mol. The lowest BCUT2D eigenvalue weighted by Gasteiger charge is -2.18. The van der Waals surface area contributed by atoms with Crippen molar-refractivity contribution in [3.8, 4) is 0 Å². The minimum Gasteiger partial charge on any atom is -0.545 e. The Morgan fingerprint density at radius 3 is 2.27 bits per heavy atom. The van der Waals surface area contributed by atoms with Gasteiger partial charge in [0.2, 0.25) is 0 Å². The van der Waals surface area contributed by atoms with Crippen LogP contribution >= 0.6 is 7.14 Å². The lowest BCUT2D eigenvalue weighted by atomic mass is 10.2. The average molecular weight is 225 g/mol. The summed E-state index contributed by atoms with van der Waals surface area (Å²) in [5.74, 6) is -1.26. The highest BCUT2D eigenvalue weighted by atomic mass is 31.2. The van der Waals surface area contributed by atoms with E-state index < -0.39 is 13.1 Å². The molecule has 0 aliphatic rings. The fourth-order valence-electron chi connectivity index (χ4n) is 1.57. The third-order valence-corrected chi connectivity index (χ3v) is 5.90. The molecule has 0 spiro atoms. The Labute approximate surface area is 89.5 Å². The first-order valence-corrected chi connectivity index (χ1v) is 7.02. The summed E-state index contributed by atoms with van der Waals surface area (Å²) in [7, 11) is -2.55. The van der Waals surface area contributed by atoms with Gasteiger partial charge in [-0.3, -0.25) is 0 Å². The SMILES string of the molecule is CCP(=O)(CC)c1ccccc1C(=O)[O-]. The zero-order valence-corrected chi connectivity index (χ0v) is 9.79. The first-order chi connectivity index (χ1) is 7.05. The largest absolute Gasteiger partial charge is 0.545 e. The second kappa shape index (κ2) is 4.63. The van der Waals surface area contributed by atoms with Crippen molar-refractivity contribution >= 4 is 18.4 Å². The molecule has 0 bridgehead atoms. The van der Waals surface area contributed by atoms with E-state index in [1.165, 1.54) is 6.07 Å². The molecular formula is C11H14O3P-. The van der Waals surface area contributed by atoms with Gasteiger partial charge in [-0.25, -0.2) is 0 Å². The Bertz CT molecular complexity index is 404. The molecule has 0 N–H and O–H groups in total. The van der Waals surface area contributed by atoms with Crippen molar-refractivity contribution in [3.05, 3.63) is 29.8 Å². The normalized spacial score (nSPS) is 11.3. The molecule has 0 amide bonds. The van der Waals surface area contributed by atoms with Gasteiger partial charge in [-0.05, 0) is 0 Å². The van der Waals surface area contributed by atoms with Crippen LogP contribution in [0.3, 0.4) is 0 Å². The van der Waals surface area contributed by atoms with Crippen molar-refractivity contribution in [2.24, 2.45) is 0 Å². The van der Waals surface area contributed by atoms with Crippen molar-refractivity contribution in [1.82, 2.24) is 0 Å². The van der Waals surface area contributed by atoms with Crippen LogP contribution in [0.2, 0.25) is 0 Å². The number of carboxylic acid groups (broad SMARTS) is 1. The number of hydrogen-bond acceptors (Lipinski definition) is 3. The van der Waals surface area contributed by atoms with Gasteiger partial charge in [0.25, 0.3) is 0 Å². The second-order valence-corrected chi connectivity index (χ2v) is 6.85. The molecule has 15 heavy (non-hydrogen) atoms. The Morgan fingerprint density at radius 2 is 1.80 bits per heavy atom. The highest BCUT2D eigenvalue weighted by molar-refractivity contribution is 7.71. The van der Waals surface area contributed by atoms with E-state index in [0.29, 0.717) is 17.6 Å². The number of hydrogen-bond donors (Lipinski definition) is 0. The standard InChI is InChI=1S/C11H15O3P/c1-3-15(14,4-2)10-8-6-5-7-9(10)11(12)13/h5-8H,3-4H2,1-2H3,(H,12,13)/p-1. The molecule has 1 aromatic carbocycles. The van der Waals surface area contributed by atoms with Crippen molar-refractivity contribution in [2.45, 2.75) is 13.8 Å². The van der Waals surface area contributed by atoms with Crippen LogP contribution in [0.1, 0.15) is 24.2 Å². The summed E-state index contributed by atoms with van der Waals surface area (Å²) in [6.45, 7) is 3.63. The molecule has 1 rings (SSSR count). The van der Waals surface area contributed by atoms with Gasteiger partial charge in [0.05, 0.1) is 5.97 Å². The summed E-state index contributed by atoms with van der Waals surface area (Å²) in [4.78, 5) is 10.9. The van der Waals surface area contributed by atoms with E-state index in [2.05, 4.69) is 0 Å². The Morgan fingerprint density at radius 1 is 1.27 bits per heavy atom. The van der Waals surface area contributed by atoms with Gasteiger partial charge >= 0.3 is 0 Å². The number of benzene rings is 1. The van der Waals surface area contributed by atoms with Crippen molar-refractivity contribution in [1.29, 1.82) is 0 Å². The first kappa shape index (κ1) is 12.0. The van der Waals surface area contributed by atoms with Crippen molar-refractivity contribution in [2.75, 3.05) is 12.3 Å². The van der Waals surface area contributed by atoms with E-state index in [4.69, 9.17) is 0 Å². The van der Waals surface area contributed by atoms with E-state index in [9.17, 15) is 14.5 Å². The molecule has 0 unspecified atom stereocenters. The maximum atomic E-state index is 12.4. The molecule has 0 aliphatic carbocycles. The van der Waals surface area contributed by atoms with E-state index in [1.54, 1.807) is 18.2 Å². The molecule has 3 nitrogen and oxygen atoms in total. The fourth-order valence-corrected chi connectivity index (χ4v) is 3.66. The Kier molecular flexibility index (Phi) is 3.70. The van der Waals surface area contributed by atoms with Crippen LogP contribution in [0.25, 0.3) is 0 Å². The summed E-state index contributed by atoms with van der Waals surface area (Å²) in [5.41, 5.74) is 0.0598. The quantitative estimate of drug-likeness (QED) is 0.720. The molecule has 0 saturated heterocycles. The van der Waals surface area contributed by atoms with Gasteiger partial charge in [-0.15, -0.1) is 0 Å². The molecule has 0 fully saturated rings. The molecule has 1 aromatic rings. The zero-order valence-electron chi connectivity index (χ0n) is 8.90. The van der Waals surface area contributed by atoms with Gasteiger partial charge in [-0.2, -0.15) is 0 Å². The van der Waals surface area contributed by atoms with Crippen LogP contribution in [-0.4, -0.2) is 18.3 Å². The van der Waals surface area contributed by atoms with Gasteiger partial charge < -0.3 is 14.5 Å². The Hall–Kier alpha value is -1.08. The van der Waals surface area contributed by atoms with E-state index in [1.807, 2.05) is 13.8 Å². The molecule has 4 heteroatoms. The number of aromatic carboxylic acids is 1. The maximum Gasteiger partial charge on any atom is 0.115 e. The van der Waals surface area contributed by atoms with Gasteiger partial charge in [0.15, 0.2) is 0 Å². The van der Waals surface area contributed by atoms with Crippen LogP contribution in [0.5, 0.6) is 0 Å². The van der Waals surface area contributed by atoms with Crippen molar-refractivity contribution < 1.29 is 14.5 Å². The molecule has 0 radical (unpaired) electrons. The molecule has 0 atom stereocenters. The number of rotatable bonds is 4. The lowest BCUT2D eigenvalue weighted by molar-refractivity contribution is -0.254. The summed E-state index contributed by atoms with van der Waals surface area (Å²) < 4.78 is 12.4. The minimum absolute atomic E-state index is 0.0598. The third-order valence-electron chi connectivity index (χ3n) is 2.58. The smallest absolute Gasteiger partial charge is 0.115 e. The minimum atomic E-state index is -2.55. The maximum absolute atomic E-state index is 12.4. The topological polar surface area (TPSA) is 57.2 Å². The predicted octanol–water partition coefficient (Wildman–Crippen LogP) is 1.08. The first-order valence-electron chi connectivity index (χ1n) is 4.94. The van der Waals surface area contributed by atoms with E-state index >= 15 is 0 Å². The highest BCUT2D eigenvalue weighted by Crippen LogP contribution is 2.44. The zero-order chi connectivity index (χ0) is 11.5. The molecule has 0 aromatic heterocycles. The summed E-state index contributed by atoms with van der Waals surface area (Å²) in [6.07, 6.45) is 0.960. The van der Waals surface area contributed by atoms with Crippen LogP contribution < -0.4 is 10.4 Å². The summed E-state index contributed by atoms with van der Waals surface area (Å²) in [5, 5.41) is 11.3. The van der Waals surface area contributed by atoms with Crippen LogP contribution in [-0.2, 0) is 4.57 Å². The Balaban J connectivity index is 3.36.